The van der Waals surface area contributed by atoms with Crippen LogP contribution in [-0.4, -0.2) is 20.1 Å². The Morgan fingerprint density at radius 3 is 2.13 bits per heavy atom. The fourth-order valence-corrected chi connectivity index (χ4v) is 3.92. The molecule has 0 aliphatic heterocycles. The summed E-state index contributed by atoms with van der Waals surface area (Å²) in [6.45, 7) is 10.6. The maximum Gasteiger partial charge on any atom is 0.237 e. The van der Waals surface area contributed by atoms with Crippen molar-refractivity contribution in [2.45, 2.75) is 50.8 Å². The number of hydrogen-bond acceptors (Lipinski definition) is 6. The average molecular weight is 431 g/mol. The largest absolute Gasteiger partial charge is 0.338 e. The Labute approximate surface area is 187 Å². The molecule has 2 heterocycles. The third-order valence-corrected chi connectivity index (χ3v) is 5.86. The normalized spacial score (nSPS) is 11.6. The summed E-state index contributed by atoms with van der Waals surface area (Å²) < 4.78 is 5.47. The predicted molar refractivity (Wildman–Crippen MR) is 125 cm³/mol. The Kier molecular flexibility index (Phi) is 5.92. The first-order chi connectivity index (χ1) is 14.8. The van der Waals surface area contributed by atoms with Crippen LogP contribution in [0.25, 0.3) is 22.8 Å². The van der Waals surface area contributed by atoms with Gasteiger partial charge in [-0.25, -0.2) is 9.97 Å². The van der Waals surface area contributed by atoms with E-state index in [4.69, 9.17) is 9.51 Å². The molecule has 6 heteroatoms. The van der Waals surface area contributed by atoms with E-state index in [1.807, 2.05) is 37.3 Å². The van der Waals surface area contributed by atoms with Gasteiger partial charge in [-0.05, 0) is 30.9 Å². The Morgan fingerprint density at radius 2 is 1.45 bits per heavy atom. The summed E-state index contributed by atoms with van der Waals surface area (Å²) in [5.41, 5.74) is 5.50. The molecule has 2 aromatic heterocycles. The minimum atomic E-state index is 0.116. The van der Waals surface area contributed by atoms with Crippen molar-refractivity contribution >= 4 is 11.8 Å². The van der Waals surface area contributed by atoms with E-state index in [2.05, 4.69) is 67.1 Å². The van der Waals surface area contributed by atoms with Crippen LogP contribution in [0.1, 0.15) is 43.5 Å². The molecule has 0 spiro atoms. The molecule has 0 radical (unpaired) electrons. The molecule has 0 aliphatic rings. The second kappa shape index (κ2) is 8.63. The van der Waals surface area contributed by atoms with E-state index in [0.717, 1.165) is 27.7 Å². The maximum atomic E-state index is 5.47. The van der Waals surface area contributed by atoms with Gasteiger partial charge in [-0.3, -0.25) is 0 Å². The molecule has 4 rings (SSSR count). The summed E-state index contributed by atoms with van der Waals surface area (Å²) in [4.78, 5) is 13.8. The summed E-state index contributed by atoms with van der Waals surface area (Å²) in [6, 6.07) is 18.6. The van der Waals surface area contributed by atoms with E-state index >= 15 is 0 Å². The van der Waals surface area contributed by atoms with E-state index in [1.54, 1.807) is 11.8 Å². The molecule has 2 aromatic carbocycles. The first-order valence-corrected chi connectivity index (χ1v) is 11.3. The highest BCUT2D eigenvalue weighted by molar-refractivity contribution is 7.98. The first kappa shape index (κ1) is 21.2. The van der Waals surface area contributed by atoms with Crippen LogP contribution < -0.4 is 0 Å². The van der Waals surface area contributed by atoms with Crippen LogP contribution in [0, 0.1) is 13.8 Å². The first-order valence-electron chi connectivity index (χ1n) is 10.3. The van der Waals surface area contributed by atoms with E-state index in [9.17, 15) is 0 Å². The predicted octanol–water partition coefficient (Wildman–Crippen LogP) is 6.40. The molecule has 31 heavy (non-hydrogen) atoms. The molecule has 158 valence electrons. The van der Waals surface area contributed by atoms with Gasteiger partial charge in [0.2, 0.25) is 11.7 Å². The van der Waals surface area contributed by atoms with Crippen LogP contribution >= 0.6 is 11.8 Å². The molecular weight excluding hydrogens is 404 g/mol. The molecule has 0 aliphatic carbocycles. The quantitative estimate of drug-likeness (QED) is 0.270. The number of aryl methyl sites for hydroxylation is 2. The van der Waals surface area contributed by atoms with Gasteiger partial charge in [0, 0.05) is 16.8 Å². The number of rotatable bonds is 5. The number of thioether (sulfide) groups is 1. The fraction of sp³-hybridized carbons (Fsp3) is 0.280. The van der Waals surface area contributed by atoms with Gasteiger partial charge in [0.1, 0.15) is 5.03 Å². The Bertz CT molecular complexity index is 1180. The fourth-order valence-electron chi connectivity index (χ4n) is 3.13. The van der Waals surface area contributed by atoms with Crippen LogP contribution in [-0.2, 0) is 11.2 Å². The van der Waals surface area contributed by atoms with Crippen molar-refractivity contribution in [3.63, 3.8) is 0 Å². The third-order valence-electron chi connectivity index (χ3n) is 4.96. The van der Waals surface area contributed by atoms with Crippen molar-refractivity contribution < 1.29 is 4.52 Å². The minimum absolute atomic E-state index is 0.116. The number of benzene rings is 2. The molecule has 0 bridgehead atoms. The lowest BCUT2D eigenvalue weighted by atomic mass is 9.87. The SMILES string of the molecule is Cc1ccc(-c2nc(C)cc(SCc3nc(-c4ccc(C(C)(C)C)cc4)no3)n2)cc1. The Morgan fingerprint density at radius 1 is 0.806 bits per heavy atom. The molecular formula is C25H26N4OS. The summed E-state index contributed by atoms with van der Waals surface area (Å²) in [7, 11) is 0. The average Bonchev–Trinajstić information content (AvgIpc) is 3.21. The van der Waals surface area contributed by atoms with Gasteiger partial charge >= 0.3 is 0 Å². The van der Waals surface area contributed by atoms with Crippen molar-refractivity contribution in [2.24, 2.45) is 0 Å². The standard InChI is InChI=1S/C25H26N4OS/c1-16-6-8-18(9-7-16)23-26-17(2)14-22(28-23)31-15-21-27-24(29-30-21)19-10-12-20(13-11-19)25(3,4)5/h6-14H,15H2,1-5H3. The lowest BCUT2D eigenvalue weighted by Gasteiger charge is -2.18. The maximum absolute atomic E-state index is 5.47. The highest BCUT2D eigenvalue weighted by Gasteiger charge is 2.15. The van der Waals surface area contributed by atoms with Crippen molar-refractivity contribution in [1.82, 2.24) is 20.1 Å². The summed E-state index contributed by atoms with van der Waals surface area (Å²) >= 11 is 1.57. The molecule has 0 saturated carbocycles. The number of hydrogen-bond donors (Lipinski definition) is 0. The number of nitrogens with zero attached hydrogens (tertiary/aromatic N) is 4. The van der Waals surface area contributed by atoms with Crippen LogP contribution in [0.2, 0.25) is 0 Å². The van der Waals surface area contributed by atoms with Crippen molar-refractivity contribution in [3.8, 4) is 22.8 Å². The molecule has 0 saturated heterocycles. The van der Waals surface area contributed by atoms with Crippen LogP contribution in [0.15, 0.2) is 64.1 Å². The second-order valence-electron chi connectivity index (χ2n) is 8.66. The van der Waals surface area contributed by atoms with E-state index < -0.39 is 0 Å². The summed E-state index contributed by atoms with van der Waals surface area (Å²) in [5.74, 6) is 2.47. The molecule has 0 amide bonds. The molecule has 0 fully saturated rings. The van der Waals surface area contributed by atoms with Gasteiger partial charge in [-0.1, -0.05) is 91.8 Å². The lowest BCUT2D eigenvalue weighted by Crippen LogP contribution is -2.10. The van der Waals surface area contributed by atoms with Crippen molar-refractivity contribution in [3.05, 3.63) is 77.3 Å². The molecule has 4 aromatic rings. The number of aromatic nitrogens is 4. The molecule has 0 atom stereocenters. The Balaban J connectivity index is 1.47. The molecule has 0 N–H and O–H groups in total. The molecule has 0 unspecified atom stereocenters. The summed E-state index contributed by atoms with van der Waals surface area (Å²) in [6.07, 6.45) is 0. The zero-order chi connectivity index (χ0) is 22.0. The van der Waals surface area contributed by atoms with Crippen LogP contribution in [0.4, 0.5) is 0 Å². The molecule has 5 nitrogen and oxygen atoms in total. The van der Waals surface area contributed by atoms with Gasteiger partial charge < -0.3 is 4.52 Å². The Hall–Kier alpha value is -2.99. The van der Waals surface area contributed by atoms with E-state index in [1.165, 1.54) is 11.1 Å². The van der Waals surface area contributed by atoms with Crippen LogP contribution in [0.5, 0.6) is 0 Å². The van der Waals surface area contributed by atoms with Gasteiger partial charge in [0.05, 0.1) is 5.75 Å². The zero-order valence-electron chi connectivity index (χ0n) is 18.5. The minimum Gasteiger partial charge on any atom is -0.338 e. The van der Waals surface area contributed by atoms with Crippen molar-refractivity contribution in [1.29, 1.82) is 0 Å². The van der Waals surface area contributed by atoms with Gasteiger partial charge in [-0.2, -0.15) is 4.98 Å². The monoisotopic (exact) mass is 430 g/mol. The van der Waals surface area contributed by atoms with Crippen molar-refractivity contribution in [2.75, 3.05) is 0 Å². The van der Waals surface area contributed by atoms with E-state index in [-0.39, 0.29) is 5.41 Å². The van der Waals surface area contributed by atoms with Gasteiger partial charge in [0.15, 0.2) is 5.82 Å². The topological polar surface area (TPSA) is 64.7 Å². The van der Waals surface area contributed by atoms with Gasteiger partial charge in [-0.15, -0.1) is 0 Å². The van der Waals surface area contributed by atoms with Crippen LogP contribution in [0.3, 0.4) is 0 Å². The lowest BCUT2D eigenvalue weighted by molar-refractivity contribution is 0.391. The zero-order valence-corrected chi connectivity index (χ0v) is 19.3. The second-order valence-corrected chi connectivity index (χ2v) is 9.66. The highest BCUT2D eigenvalue weighted by Crippen LogP contribution is 2.27. The smallest absolute Gasteiger partial charge is 0.237 e. The van der Waals surface area contributed by atoms with Gasteiger partial charge in [0.25, 0.3) is 0 Å². The summed E-state index contributed by atoms with van der Waals surface area (Å²) in [5, 5.41) is 5.04. The van der Waals surface area contributed by atoms with E-state index in [0.29, 0.717) is 17.5 Å². The highest BCUT2D eigenvalue weighted by atomic mass is 32.2. The third kappa shape index (κ3) is 5.20.